The Labute approximate surface area is 123 Å². The Bertz CT molecular complexity index is 624. The van der Waals surface area contributed by atoms with E-state index in [4.69, 9.17) is 5.73 Å². The van der Waals surface area contributed by atoms with Crippen LogP contribution in [0.1, 0.15) is 28.8 Å². The van der Waals surface area contributed by atoms with E-state index in [1.165, 1.54) is 17.7 Å². The third kappa shape index (κ3) is 2.69. The minimum absolute atomic E-state index is 0.476. The maximum absolute atomic E-state index is 9.40. The number of thiophene rings is 1. The fourth-order valence-electron chi connectivity index (χ4n) is 2.42. The van der Waals surface area contributed by atoms with Crippen molar-refractivity contribution in [1.29, 1.82) is 5.26 Å². The molecule has 0 bridgehead atoms. The molecule has 4 heteroatoms. The van der Waals surface area contributed by atoms with Crippen LogP contribution in [0.4, 0.5) is 5.69 Å². The molecule has 1 aliphatic carbocycles. The van der Waals surface area contributed by atoms with Gasteiger partial charge in [0.25, 0.3) is 0 Å². The SMILES string of the molecule is N#Cc1cc(CN)ccc1N(Cc1cccs1)C1CC1. The van der Waals surface area contributed by atoms with Crippen molar-refractivity contribution in [1.82, 2.24) is 0 Å². The fraction of sp³-hybridized carbons (Fsp3) is 0.312. The van der Waals surface area contributed by atoms with E-state index in [0.717, 1.165) is 23.4 Å². The highest BCUT2D eigenvalue weighted by atomic mass is 32.1. The van der Waals surface area contributed by atoms with E-state index in [-0.39, 0.29) is 0 Å². The standard InChI is InChI=1S/C16H17N3S/c17-9-12-3-6-16(13(8-12)10-18)19(14-4-5-14)11-15-2-1-7-20-15/h1-3,6-8,14H,4-5,9,11,17H2. The molecular weight excluding hydrogens is 266 g/mol. The smallest absolute Gasteiger partial charge is 0.101 e. The third-order valence-electron chi connectivity index (χ3n) is 3.62. The first-order chi connectivity index (χ1) is 9.81. The summed E-state index contributed by atoms with van der Waals surface area (Å²) < 4.78 is 0. The van der Waals surface area contributed by atoms with Gasteiger partial charge in [-0.25, -0.2) is 0 Å². The second-order valence-corrected chi connectivity index (χ2v) is 6.14. The Balaban J connectivity index is 1.93. The van der Waals surface area contributed by atoms with Crippen molar-refractivity contribution in [2.45, 2.75) is 32.0 Å². The van der Waals surface area contributed by atoms with E-state index >= 15 is 0 Å². The molecule has 0 spiro atoms. The van der Waals surface area contributed by atoms with Crippen molar-refractivity contribution in [2.24, 2.45) is 5.73 Å². The minimum Gasteiger partial charge on any atom is -0.362 e. The molecule has 1 aromatic carbocycles. The summed E-state index contributed by atoms with van der Waals surface area (Å²) in [5, 5.41) is 11.5. The number of anilines is 1. The van der Waals surface area contributed by atoms with Crippen LogP contribution in [0.3, 0.4) is 0 Å². The molecule has 1 aliphatic rings. The quantitative estimate of drug-likeness (QED) is 0.916. The van der Waals surface area contributed by atoms with Crippen LogP contribution in [-0.2, 0) is 13.1 Å². The van der Waals surface area contributed by atoms with Crippen LogP contribution < -0.4 is 10.6 Å². The number of nitrogens with zero attached hydrogens (tertiary/aromatic N) is 2. The van der Waals surface area contributed by atoms with Gasteiger partial charge in [-0.3, -0.25) is 0 Å². The molecule has 1 fully saturated rings. The Morgan fingerprint density at radius 3 is 2.80 bits per heavy atom. The lowest BCUT2D eigenvalue weighted by atomic mass is 10.1. The molecule has 0 amide bonds. The lowest BCUT2D eigenvalue weighted by Crippen LogP contribution is -2.25. The van der Waals surface area contributed by atoms with Gasteiger partial charge < -0.3 is 10.6 Å². The van der Waals surface area contributed by atoms with E-state index in [2.05, 4.69) is 28.5 Å². The molecule has 0 atom stereocenters. The highest BCUT2D eigenvalue weighted by Crippen LogP contribution is 2.35. The molecular formula is C16H17N3S. The van der Waals surface area contributed by atoms with Gasteiger partial charge in [-0.2, -0.15) is 5.26 Å². The fourth-order valence-corrected chi connectivity index (χ4v) is 3.12. The van der Waals surface area contributed by atoms with Crippen LogP contribution in [0.2, 0.25) is 0 Å². The average molecular weight is 283 g/mol. The monoisotopic (exact) mass is 283 g/mol. The van der Waals surface area contributed by atoms with Crippen LogP contribution in [0.15, 0.2) is 35.7 Å². The van der Waals surface area contributed by atoms with E-state index in [0.29, 0.717) is 12.6 Å². The van der Waals surface area contributed by atoms with Gasteiger partial charge in [-0.15, -0.1) is 11.3 Å². The number of nitriles is 1. The topological polar surface area (TPSA) is 53.1 Å². The van der Waals surface area contributed by atoms with Gasteiger partial charge in [0, 0.05) is 17.5 Å². The number of hydrogen-bond acceptors (Lipinski definition) is 4. The predicted molar refractivity (Wildman–Crippen MR) is 82.6 cm³/mol. The van der Waals surface area contributed by atoms with E-state index < -0.39 is 0 Å². The summed E-state index contributed by atoms with van der Waals surface area (Å²) in [6.07, 6.45) is 2.43. The lowest BCUT2D eigenvalue weighted by molar-refractivity contribution is 0.801. The molecule has 20 heavy (non-hydrogen) atoms. The van der Waals surface area contributed by atoms with Gasteiger partial charge in [0.2, 0.25) is 0 Å². The van der Waals surface area contributed by atoms with Gasteiger partial charge in [0.1, 0.15) is 6.07 Å². The van der Waals surface area contributed by atoms with Gasteiger partial charge >= 0.3 is 0 Å². The van der Waals surface area contributed by atoms with Gasteiger partial charge in [-0.05, 0) is 42.0 Å². The molecule has 2 aromatic rings. The summed E-state index contributed by atoms with van der Waals surface area (Å²) in [5.41, 5.74) is 8.45. The predicted octanol–water partition coefficient (Wildman–Crippen LogP) is 3.25. The maximum Gasteiger partial charge on any atom is 0.101 e. The Kier molecular flexibility index (Phi) is 3.72. The van der Waals surface area contributed by atoms with Crippen LogP contribution in [0.25, 0.3) is 0 Å². The molecule has 0 unspecified atom stereocenters. The van der Waals surface area contributed by atoms with E-state index in [1.807, 2.05) is 18.2 Å². The van der Waals surface area contributed by atoms with Gasteiger partial charge in [-0.1, -0.05) is 12.1 Å². The number of hydrogen-bond donors (Lipinski definition) is 1. The maximum atomic E-state index is 9.40. The summed E-state index contributed by atoms with van der Waals surface area (Å²) in [6, 6.07) is 13.1. The van der Waals surface area contributed by atoms with Crippen molar-refractivity contribution in [3.63, 3.8) is 0 Å². The van der Waals surface area contributed by atoms with Crippen LogP contribution in [-0.4, -0.2) is 6.04 Å². The van der Waals surface area contributed by atoms with Crippen LogP contribution in [0.5, 0.6) is 0 Å². The largest absolute Gasteiger partial charge is 0.362 e. The second-order valence-electron chi connectivity index (χ2n) is 5.11. The molecule has 3 nitrogen and oxygen atoms in total. The molecule has 2 N–H and O–H groups in total. The summed E-state index contributed by atoms with van der Waals surface area (Å²) in [5.74, 6) is 0. The first kappa shape index (κ1) is 13.2. The zero-order valence-corrected chi connectivity index (χ0v) is 12.1. The Hall–Kier alpha value is -1.83. The summed E-state index contributed by atoms with van der Waals surface area (Å²) in [6.45, 7) is 1.36. The normalized spacial score (nSPS) is 14.0. The summed E-state index contributed by atoms with van der Waals surface area (Å²) >= 11 is 1.77. The molecule has 1 saturated carbocycles. The van der Waals surface area contributed by atoms with Crippen molar-refractivity contribution in [3.8, 4) is 6.07 Å². The number of rotatable bonds is 5. The third-order valence-corrected chi connectivity index (χ3v) is 4.48. The molecule has 0 radical (unpaired) electrons. The first-order valence-corrected chi connectivity index (χ1v) is 7.72. The van der Waals surface area contributed by atoms with Gasteiger partial charge in [0.15, 0.2) is 0 Å². The molecule has 0 aliphatic heterocycles. The van der Waals surface area contributed by atoms with E-state index in [9.17, 15) is 5.26 Å². The van der Waals surface area contributed by atoms with Crippen molar-refractivity contribution < 1.29 is 0 Å². The van der Waals surface area contributed by atoms with Crippen LogP contribution in [0, 0.1) is 11.3 Å². The molecule has 102 valence electrons. The second kappa shape index (κ2) is 5.66. The zero-order chi connectivity index (χ0) is 13.9. The summed E-state index contributed by atoms with van der Waals surface area (Å²) in [4.78, 5) is 3.70. The minimum atomic E-state index is 0.476. The van der Waals surface area contributed by atoms with Gasteiger partial charge in [0.05, 0.1) is 17.8 Å². The van der Waals surface area contributed by atoms with Crippen LogP contribution >= 0.6 is 11.3 Å². The molecule has 1 aromatic heterocycles. The summed E-state index contributed by atoms with van der Waals surface area (Å²) in [7, 11) is 0. The zero-order valence-electron chi connectivity index (χ0n) is 11.2. The molecule has 0 saturated heterocycles. The number of nitrogens with two attached hydrogens (primary N) is 1. The Morgan fingerprint density at radius 2 is 2.20 bits per heavy atom. The lowest BCUT2D eigenvalue weighted by Gasteiger charge is -2.25. The molecule has 3 rings (SSSR count). The number of benzene rings is 1. The molecule has 1 heterocycles. The first-order valence-electron chi connectivity index (χ1n) is 6.84. The van der Waals surface area contributed by atoms with Crippen molar-refractivity contribution in [2.75, 3.05) is 4.90 Å². The van der Waals surface area contributed by atoms with E-state index in [1.54, 1.807) is 11.3 Å². The Morgan fingerprint density at radius 1 is 1.35 bits per heavy atom. The van der Waals surface area contributed by atoms with Crippen molar-refractivity contribution >= 4 is 17.0 Å². The highest BCUT2D eigenvalue weighted by Gasteiger charge is 2.30. The average Bonchev–Trinajstić information content (AvgIpc) is 3.21. The van der Waals surface area contributed by atoms with Crippen molar-refractivity contribution in [3.05, 3.63) is 51.7 Å². The highest BCUT2D eigenvalue weighted by molar-refractivity contribution is 7.09.